The van der Waals surface area contributed by atoms with Gasteiger partial charge in [0.1, 0.15) is 13.7 Å². The first-order valence-corrected chi connectivity index (χ1v) is 2.72. The molecule has 1 aromatic carbocycles. The third-order valence-electron chi connectivity index (χ3n) is 1.23. The standard InChI is InChI=1S/C6H7BFN/c7-5-3-4(8)1-2-6(5)9/h1-3H,7,9H2. The lowest BCUT2D eigenvalue weighted by molar-refractivity contribution is 0.629. The highest BCUT2D eigenvalue weighted by atomic mass is 19.1. The number of hydrogen-bond acceptors (Lipinski definition) is 1. The van der Waals surface area contributed by atoms with Gasteiger partial charge in [0.15, 0.2) is 0 Å². The van der Waals surface area contributed by atoms with E-state index in [-0.39, 0.29) is 5.82 Å². The highest BCUT2D eigenvalue weighted by Gasteiger charge is 1.92. The van der Waals surface area contributed by atoms with Gasteiger partial charge in [-0.05, 0) is 18.2 Å². The number of hydrogen-bond donors (Lipinski definition) is 1. The molecule has 0 amide bonds. The molecule has 0 radical (unpaired) electrons. The average molecular weight is 123 g/mol. The summed E-state index contributed by atoms with van der Waals surface area (Å²) in [6.07, 6.45) is 0. The largest absolute Gasteiger partial charge is 0.399 e. The van der Waals surface area contributed by atoms with Gasteiger partial charge in [-0.2, -0.15) is 0 Å². The van der Waals surface area contributed by atoms with E-state index in [0.717, 1.165) is 5.46 Å². The Morgan fingerprint density at radius 3 is 2.56 bits per heavy atom. The maximum atomic E-state index is 12.3. The second-order valence-electron chi connectivity index (χ2n) is 2.00. The summed E-state index contributed by atoms with van der Waals surface area (Å²) in [6.45, 7) is 0. The van der Waals surface area contributed by atoms with Crippen LogP contribution >= 0.6 is 0 Å². The van der Waals surface area contributed by atoms with Crippen LogP contribution in [-0.4, -0.2) is 7.85 Å². The first kappa shape index (κ1) is 6.14. The Morgan fingerprint density at radius 2 is 2.11 bits per heavy atom. The monoisotopic (exact) mass is 123 g/mol. The van der Waals surface area contributed by atoms with Gasteiger partial charge in [-0.15, -0.1) is 0 Å². The minimum absolute atomic E-state index is 0.235. The van der Waals surface area contributed by atoms with Crippen LogP contribution in [0, 0.1) is 5.82 Å². The van der Waals surface area contributed by atoms with E-state index in [2.05, 4.69) is 0 Å². The highest BCUT2D eigenvalue weighted by molar-refractivity contribution is 6.35. The Balaban J connectivity index is 3.17. The van der Waals surface area contributed by atoms with Gasteiger partial charge in [0.2, 0.25) is 0 Å². The SMILES string of the molecule is Bc1cc(F)ccc1N. The van der Waals surface area contributed by atoms with Crippen LogP contribution in [0.3, 0.4) is 0 Å². The van der Waals surface area contributed by atoms with E-state index in [4.69, 9.17) is 5.73 Å². The van der Waals surface area contributed by atoms with Crippen molar-refractivity contribution in [2.45, 2.75) is 0 Å². The molecule has 9 heavy (non-hydrogen) atoms. The molecule has 0 aliphatic carbocycles. The van der Waals surface area contributed by atoms with Crippen LogP contribution in [0.5, 0.6) is 0 Å². The summed E-state index contributed by atoms with van der Waals surface area (Å²) in [6, 6.07) is 4.32. The maximum Gasteiger partial charge on any atom is 0.142 e. The van der Waals surface area contributed by atoms with Gasteiger partial charge < -0.3 is 5.73 Å². The molecule has 2 N–H and O–H groups in total. The van der Waals surface area contributed by atoms with Crippen molar-refractivity contribution in [3.8, 4) is 0 Å². The van der Waals surface area contributed by atoms with Gasteiger partial charge in [-0.25, -0.2) is 4.39 Å². The number of benzene rings is 1. The van der Waals surface area contributed by atoms with Gasteiger partial charge in [0.25, 0.3) is 0 Å². The molecule has 1 aromatic rings. The Labute approximate surface area is 54.1 Å². The molecule has 0 aromatic heterocycles. The Hall–Kier alpha value is -0.985. The van der Waals surface area contributed by atoms with Crippen molar-refractivity contribution in [3.05, 3.63) is 24.0 Å². The molecular formula is C6H7BFN. The minimum atomic E-state index is -0.235. The molecule has 0 heterocycles. The molecule has 46 valence electrons. The van der Waals surface area contributed by atoms with Crippen molar-refractivity contribution in [2.24, 2.45) is 0 Å². The van der Waals surface area contributed by atoms with E-state index in [1.807, 2.05) is 0 Å². The molecule has 3 heteroatoms. The summed E-state index contributed by atoms with van der Waals surface area (Å²) >= 11 is 0. The lowest BCUT2D eigenvalue weighted by Gasteiger charge is -1.96. The van der Waals surface area contributed by atoms with Crippen LogP contribution < -0.4 is 11.2 Å². The summed E-state index contributed by atoms with van der Waals surface area (Å²) in [7, 11) is 1.78. The molecule has 0 unspecified atom stereocenters. The van der Waals surface area contributed by atoms with Gasteiger partial charge in [-0.1, -0.05) is 5.46 Å². The number of rotatable bonds is 0. The molecule has 0 bridgehead atoms. The third-order valence-corrected chi connectivity index (χ3v) is 1.23. The molecule has 0 atom stereocenters. The van der Waals surface area contributed by atoms with Crippen LogP contribution in [0.15, 0.2) is 18.2 Å². The second kappa shape index (κ2) is 2.09. The van der Waals surface area contributed by atoms with Crippen molar-refractivity contribution in [2.75, 3.05) is 5.73 Å². The smallest absolute Gasteiger partial charge is 0.142 e. The summed E-state index contributed by atoms with van der Waals surface area (Å²) in [5.41, 5.74) is 6.84. The molecule has 0 aliphatic rings. The van der Waals surface area contributed by atoms with Gasteiger partial charge >= 0.3 is 0 Å². The fourth-order valence-electron chi connectivity index (χ4n) is 0.639. The highest BCUT2D eigenvalue weighted by Crippen LogP contribution is 1.98. The number of nitrogens with two attached hydrogens (primary N) is 1. The zero-order valence-corrected chi connectivity index (χ0v) is 5.19. The fourth-order valence-corrected chi connectivity index (χ4v) is 0.639. The first-order valence-electron chi connectivity index (χ1n) is 2.72. The normalized spacial score (nSPS) is 9.44. The van der Waals surface area contributed by atoms with E-state index in [9.17, 15) is 4.39 Å². The van der Waals surface area contributed by atoms with Gasteiger partial charge in [-0.3, -0.25) is 0 Å². The number of halogens is 1. The average Bonchev–Trinajstić information content (AvgIpc) is 1.80. The summed E-state index contributed by atoms with van der Waals surface area (Å²) in [5, 5.41) is 0. The Kier molecular flexibility index (Phi) is 1.43. The topological polar surface area (TPSA) is 26.0 Å². The summed E-state index contributed by atoms with van der Waals surface area (Å²) in [4.78, 5) is 0. The van der Waals surface area contributed by atoms with Crippen molar-refractivity contribution >= 4 is 19.0 Å². The minimum Gasteiger partial charge on any atom is -0.399 e. The zero-order valence-electron chi connectivity index (χ0n) is 5.19. The van der Waals surface area contributed by atoms with Gasteiger partial charge in [0.05, 0.1) is 0 Å². The fraction of sp³-hybridized carbons (Fsp3) is 0. The van der Waals surface area contributed by atoms with Crippen LogP contribution in [0.2, 0.25) is 0 Å². The Bertz CT molecular complexity index is 224. The lowest BCUT2D eigenvalue weighted by atomic mass is 9.94. The lowest BCUT2D eigenvalue weighted by Crippen LogP contribution is -2.09. The van der Waals surface area contributed by atoms with Gasteiger partial charge in [0, 0.05) is 5.69 Å². The molecule has 0 fully saturated rings. The number of anilines is 1. The van der Waals surface area contributed by atoms with E-state index >= 15 is 0 Å². The van der Waals surface area contributed by atoms with Crippen molar-refractivity contribution < 1.29 is 4.39 Å². The molecule has 1 nitrogen and oxygen atoms in total. The van der Waals surface area contributed by atoms with Crippen molar-refractivity contribution in [1.29, 1.82) is 0 Å². The second-order valence-corrected chi connectivity index (χ2v) is 2.00. The molecule has 0 saturated carbocycles. The maximum absolute atomic E-state index is 12.3. The first-order chi connectivity index (χ1) is 4.20. The van der Waals surface area contributed by atoms with E-state index in [1.165, 1.54) is 12.1 Å². The molecule has 0 spiro atoms. The molecular weight excluding hydrogens is 116 g/mol. The zero-order chi connectivity index (χ0) is 6.85. The number of nitrogen functional groups attached to an aromatic ring is 1. The van der Waals surface area contributed by atoms with Crippen LogP contribution in [-0.2, 0) is 0 Å². The predicted octanol–water partition coefficient (Wildman–Crippen LogP) is -0.334. The van der Waals surface area contributed by atoms with E-state index in [0.29, 0.717) is 5.69 Å². The van der Waals surface area contributed by atoms with E-state index in [1.54, 1.807) is 13.9 Å². The summed E-state index contributed by atoms with van der Waals surface area (Å²) in [5.74, 6) is -0.235. The predicted molar refractivity (Wildman–Crippen MR) is 39.0 cm³/mol. The Morgan fingerprint density at radius 1 is 1.44 bits per heavy atom. The molecule has 1 rings (SSSR count). The third kappa shape index (κ3) is 1.22. The van der Waals surface area contributed by atoms with Crippen LogP contribution in [0.1, 0.15) is 0 Å². The summed E-state index contributed by atoms with van der Waals surface area (Å²) < 4.78 is 12.3. The van der Waals surface area contributed by atoms with E-state index < -0.39 is 0 Å². The van der Waals surface area contributed by atoms with Crippen LogP contribution in [0.4, 0.5) is 10.1 Å². The molecule has 0 aliphatic heterocycles. The molecule has 0 saturated heterocycles. The van der Waals surface area contributed by atoms with Crippen molar-refractivity contribution in [3.63, 3.8) is 0 Å². The van der Waals surface area contributed by atoms with Crippen molar-refractivity contribution in [1.82, 2.24) is 0 Å². The van der Waals surface area contributed by atoms with Crippen LogP contribution in [0.25, 0.3) is 0 Å². The quantitative estimate of drug-likeness (QED) is 0.370.